The topological polar surface area (TPSA) is 32.3 Å². The lowest BCUT2D eigenvalue weighted by Crippen LogP contribution is -2.55. The number of rotatable bonds is 6. The summed E-state index contributed by atoms with van der Waals surface area (Å²) in [5.41, 5.74) is 0.283. The van der Waals surface area contributed by atoms with E-state index in [2.05, 4.69) is 26.1 Å². The summed E-state index contributed by atoms with van der Waals surface area (Å²) in [6.07, 6.45) is 3.62. The van der Waals surface area contributed by atoms with Crippen LogP contribution in [0.25, 0.3) is 0 Å². The standard InChI is InChI=1S/C13H26N2O/c1-5-7-13(4,6-2)14-8-12-9-15(10-12)11(3)16/h12,14H,5-10H2,1-4H3. The Balaban J connectivity index is 2.22. The Morgan fingerprint density at radius 2 is 2.06 bits per heavy atom. The van der Waals surface area contributed by atoms with Crippen molar-refractivity contribution in [3.8, 4) is 0 Å². The molecular formula is C13H26N2O. The zero-order valence-electron chi connectivity index (χ0n) is 11.2. The average molecular weight is 226 g/mol. The number of nitrogens with one attached hydrogen (secondary N) is 1. The van der Waals surface area contributed by atoms with Crippen LogP contribution in [0, 0.1) is 5.92 Å². The maximum atomic E-state index is 11.0. The van der Waals surface area contributed by atoms with E-state index in [4.69, 9.17) is 0 Å². The van der Waals surface area contributed by atoms with Gasteiger partial charge < -0.3 is 10.2 Å². The van der Waals surface area contributed by atoms with E-state index in [-0.39, 0.29) is 11.4 Å². The Morgan fingerprint density at radius 3 is 2.50 bits per heavy atom. The van der Waals surface area contributed by atoms with Crippen LogP contribution < -0.4 is 5.32 Å². The first kappa shape index (κ1) is 13.5. The number of nitrogens with zero attached hydrogens (tertiary/aromatic N) is 1. The van der Waals surface area contributed by atoms with Gasteiger partial charge in [0.15, 0.2) is 0 Å². The molecule has 3 nitrogen and oxygen atoms in total. The van der Waals surface area contributed by atoms with Gasteiger partial charge in [-0.1, -0.05) is 20.3 Å². The lowest BCUT2D eigenvalue weighted by Gasteiger charge is -2.41. The minimum atomic E-state index is 0.211. The molecule has 0 radical (unpaired) electrons. The summed E-state index contributed by atoms with van der Waals surface area (Å²) in [4.78, 5) is 12.9. The van der Waals surface area contributed by atoms with E-state index in [1.807, 2.05) is 4.90 Å². The van der Waals surface area contributed by atoms with Gasteiger partial charge in [0, 0.05) is 38.0 Å². The molecule has 1 unspecified atom stereocenters. The normalized spacial score (nSPS) is 20.4. The van der Waals surface area contributed by atoms with E-state index in [1.165, 1.54) is 19.3 Å². The molecule has 0 spiro atoms. The Hall–Kier alpha value is -0.570. The Bertz CT molecular complexity index is 236. The molecular weight excluding hydrogens is 200 g/mol. The van der Waals surface area contributed by atoms with Crippen molar-refractivity contribution >= 4 is 5.91 Å². The first-order valence-electron chi connectivity index (χ1n) is 6.51. The highest BCUT2D eigenvalue weighted by atomic mass is 16.2. The van der Waals surface area contributed by atoms with Gasteiger partial charge >= 0.3 is 0 Å². The fourth-order valence-electron chi connectivity index (χ4n) is 2.29. The van der Waals surface area contributed by atoms with Gasteiger partial charge in [-0.05, 0) is 19.8 Å². The third-order valence-electron chi connectivity index (χ3n) is 3.80. The van der Waals surface area contributed by atoms with Gasteiger partial charge in [0.25, 0.3) is 0 Å². The van der Waals surface area contributed by atoms with E-state index in [1.54, 1.807) is 6.92 Å². The van der Waals surface area contributed by atoms with E-state index in [0.717, 1.165) is 19.6 Å². The molecule has 0 aromatic heterocycles. The second kappa shape index (κ2) is 5.67. The summed E-state index contributed by atoms with van der Waals surface area (Å²) in [5.74, 6) is 0.870. The molecule has 1 aliphatic heterocycles. The molecule has 0 bridgehead atoms. The predicted octanol–water partition coefficient (Wildman–Crippen LogP) is 2.02. The molecule has 3 heteroatoms. The second-order valence-corrected chi connectivity index (χ2v) is 5.34. The first-order valence-corrected chi connectivity index (χ1v) is 6.51. The summed E-state index contributed by atoms with van der Waals surface area (Å²) >= 11 is 0. The monoisotopic (exact) mass is 226 g/mol. The molecule has 1 heterocycles. The second-order valence-electron chi connectivity index (χ2n) is 5.34. The zero-order valence-corrected chi connectivity index (χ0v) is 11.2. The molecule has 1 amide bonds. The number of hydrogen-bond acceptors (Lipinski definition) is 2. The van der Waals surface area contributed by atoms with Crippen LogP contribution in [0.5, 0.6) is 0 Å². The van der Waals surface area contributed by atoms with E-state index in [9.17, 15) is 4.79 Å². The van der Waals surface area contributed by atoms with Crippen LogP contribution >= 0.6 is 0 Å². The van der Waals surface area contributed by atoms with Crippen LogP contribution in [0.4, 0.5) is 0 Å². The molecule has 0 aromatic rings. The highest BCUT2D eigenvalue weighted by molar-refractivity contribution is 5.74. The van der Waals surface area contributed by atoms with E-state index < -0.39 is 0 Å². The lowest BCUT2D eigenvalue weighted by atomic mass is 9.91. The Labute approximate surface area is 99.6 Å². The molecule has 1 atom stereocenters. The molecule has 1 N–H and O–H groups in total. The highest BCUT2D eigenvalue weighted by Gasteiger charge is 2.30. The van der Waals surface area contributed by atoms with Crippen molar-refractivity contribution in [2.24, 2.45) is 5.92 Å². The van der Waals surface area contributed by atoms with Crippen molar-refractivity contribution in [2.45, 2.75) is 52.5 Å². The van der Waals surface area contributed by atoms with Crippen LogP contribution in [0.3, 0.4) is 0 Å². The van der Waals surface area contributed by atoms with Gasteiger partial charge in [-0.3, -0.25) is 4.79 Å². The Kier molecular flexibility index (Phi) is 4.78. The molecule has 0 aromatic carbocycles. The SMILES string of the molecule is CCCC(C)(CC)NCC1CN(C(C)=O)C1. The first-order chi connectivity index (χ1) is 7.50. The fourth-order valence-corrected chi connectivity index (χ4v) is 2.29. The van der Waals surface area contributed by atoms with Crippen LogP contribution in [-0.4, -0.2) is 36.0 Å². The Morgan fingerprint density at radius 1 is 1.44 bits per heavy atom. The quantitative estimate of drug-likeness (QED) is 0.751. The van der Waals surface area contributed by atoms with Crippen LogP contribution in [0.1, 0.15) is 47.0 Å². The van der Waals surface area contributed by atoms with E-state index >= 15 is 0 Å². The van der Waals surface area contributed by atoms with Gasteiger partial charge in [0.1, 0.15) is 0 Å². The minimum absolute atomic E-state index is 0.211. The lowest BCUT2D eigenvalue weighted by molar-refractivity contribution is -0.134. The summed E-state index contributed by atoms with van der Waals surface area (Å²) in [6.45, 7) is 11.4. The van der Waals surface area contributed by atoms with Gasteiger partial charge in [-0.25, -0.2) is 0 Å². The summed E-state index contributed by atoms with van der Waals surface area (Å²) < 4.78 is 0. The molecule has 94 valence electrons. The predicted molar refractivity (Wildman–Crippen MR) is 67.4 cm³/mol. The fraction of sp³-hybridized carbons (Fsp3) is 0.923. The number of amides is 1. The average Bonchev–Trinajstić information content (AvgIpc) is 2.15. The number of carbonyl (C=O) groups excluding carboxylic acids is 1. The summed E-state index contributed by atoms with van der Waals surface area (Å²) in [5, 5.41) is 3.67. The molecule has 1 saturated heterocycles. The summed E-state index contributed by atoms with van der Waals surface area (Å²) in [7, 11) is 0. The van der Waals surface area contributed by atoms with Gasteiger partial charge in [-0.15, -0.1) is 0 Å². The third kappa shape index (κ3) is 3.48. The van der Waals surface area contributed by atoms with Gasteiger partial charge in [0.05, 0.1) is 0 Å². The van der Waals surface area contributed by atoms with Gasteiger partial charge in [0.2, 0.25) is 5.91 Å². The summed E-state index contributed by atoms with van der Waals surface area (Å²) in [6, 6.07) is 0. The zero-order chi connectivity index (χ0) is 12.2. The van der Waals surface area contributed by atoms with Crippen LogP contribution in [0.2, 0.25) is 0 Å². The third-order valence-corrected chi connectivity index (χ3v) is 3.80. The highest BCUT2D eigenvalue weighted by Crippen LogP contribution is 2.19. The smallest absolute Gasteiger partial charge is 0.219 e. The van der Waals surface area contributed by atoms with Crippen molar-refractivity contribution in [3.63, 3.8) is 0 Å². The molecule has 0 saturated carbocycles. The van der Waals surface area contributed by atoms with Gasteiger partial charge in [-0.2, -0.15) is 0 Å². The molecule has 1 aliphatic rings. The minimum Gasteiger partial charge on any atom is -0.342 e. The molecule has 16 heavy (non-hydrogen) atoms. The van der Waals surface area contributed by atoms with Crippen LogP contribution in [-0.2, 0) is 4.79 Å². The van der Waals surface area contributed by atoms with Crippen molar-refractivity contribution in [3.05, 3.63) is 0 Å². The van der Waals surface area contributed by atoms with Crippen molar-refractivity contribution in [1.82, 2.24) is 10.2 Å². The number of carbonyl (C=O) groups is 1. The van der Waals surface area contributed by atoms with E-state index in [0.29, 0.717) is 5.92 Å². The van der Waals surface area contributed by atoms with Crippen molar-refractivity contribution < 1.29 is 4.79 Å². The molecule has 1 rings (SSSR count). The van der Waals surface area contributed by atoms with Crippen LogP contribution in [0.15, 0.2) is 0 Å². The van der Waals surface area contributed by atoms with Crippen molar-refractivity contribution in [2.75, 3.05) is 19.6 Å². The largest absolute Gasteiger partial charge is 0.342 e. The van der Waals surface area contributed by atoms with Crippen molar-refractivity contribution in [1.29, 1.82) is 0 Å². The molecule has 0 aliphatic carbocycles. The maximum Gasteiger partial charge on any atom is 0.219 e. The number of hydrogen-bond donors (Lipinski definition) is 1. The maximum absolute atomic E-state index is 11.0. The number of likely N-dealkylation sites (tertiary alicyclic amines) is 1. The molecule has 1 fully saturated rings.